The van der Waals surface area contributed by atoms with Gasteiger partial charge >= 0.3 is 11.9 Å². The van der Waals surface area contributed by atoms with E-state index < -0.39 is 11.9 Å². The number of rotatable bonds is 6. The zero-order valence-corrected chi connectivity index (χ0v) is 18.8. The maximum absolute atomic E-state index is 9.10. The van der Waals surface area contributed by atoms with Crippen molar-refractivity contribution in [1.82, 2.24) is 9.80 Å². The van der Waals surface area contributed by atoms with Crippen molar-refractivity contribution in [3.8, 4) is 0 Å². The smallest absolute Gasteiger partial charge is 0.414 e. The van der Waals surface area contributed by atoms with Gasteiger partial charge in [-0.25, -0.2) is 9.59 Å². The maximum Gasteiger partial charge on any atom is 0.414 e. The van der Waals surface area contributed by atoms with Gasteiger partial charge in [0.15, 0.2) is 0 Å². The molecule has 1 heterocycles. The molecule has 1 fully saturated rings. The number of carboxylic acids is 2. The van der Waals surface area contributed by atoms with Gasteiger partial charge in [0.1, 0.15) is 0 Å². The van der Waals surface area contributed by atoms with Gasteiger partial charge in [-0.05, 0) is 49.7 Å². The lowest BCUT2D eigenvalue weighted by atomic mass is 10.0. The Balaban J connectivity index is 0.000000469. The van der Waals surface area contributed by atoms with Gasteiger partial charge in [0.2, 0.25) is 0 Å². The molecule has 0 unspecified atom stereocenters. The second-order valence-electron chi connectivity index (χ2n) is 7.26. The number of halogens is 1. The van der Waals surface area contributed by atoms with E-state index in [1.54, 1.807) is 0 Å². The van der Waals surface area contributed by atoms with Crippen molar-refractivity contribution in [1.29, 1.82) is 0 Å². The number of nitrogens with zero attached hydrogens (tertiary/aromatic N) is 2. The fraction of sp³-hybridized carbons (Fsp3) is 0.391. The largest absolute Gasteiger partial charge is 0.473 e. The number of likely N-dealkylation sites (tertiary alicyclic amines) is 1. The van der Waals surface area contributed by atoms with E-state index in [0.717, 1.165) is 19.6 Å². The number of benzene rings is 2. The summed E-state index contributed by atoms with van der Waals surface area (Å²) in [5.41, 5.74) is 2.82. The van der Waals surface area contributed by atoms with E-state index in [1.807, 2.05) is 0 Å². The first-order chi connectivity index (χ1) is 14.4. The lowest BCUT2D eigenvalue weighted by Crippen LogP contribution is -2.44. The lowest BCUT2D eigenvalue weighted by molar-refractivity contribution is -0.159. The predicted octanol–water partition coefficient (Wildman–Crippen LogP) is 4.09. The number of hydrogen-bond acceptors (Lipinski definition) is 4. The summed E-state index contributed by atoms with van der Waals surface area (Å²) in [7, 11) is 0. The molecule has 0 aromatic heterocycles. The Morgan fingerprint density at radius 1 is 1.00 bits per heavy atom. The van der Waals surface area contributed by atoms with Crippen LogP contribution < -0.4 is 0 Å². The summed E-state index contributed by atoms with van der Waals surface area (Å²) in [6.45, 7) is 7.93. The van der Waals surface area contributed by atoms with Gasteiger partial charge in [-0.1, -0.05) is 71.4 Å². The zero-order chi connectivity index (χ0) is 21.9. The molecule has 2 N–H and O–H groups in total. The van der Waals surface area contributed by atoms with Crippen LogP contribution in [-0.4, -0.2) is 57.6 Å². The molecule has 0 radical (unpaired) electrons. The summed E-state index contributed by atoms with van der Waals surface area (Å²) in [6, 6.07) is 20.2. The Labute approximate surface area is 186 Å². The quantitative estimate of drug-likeness (QED) is 0.611. The van der Waals surface area contributed by atoms with Crippen LogP contribution in [0, 0.1) is 0 Å². The highest BCUT2D eigenvalue weighted by molar-refractivity contribution is 9.10. The van der Waals surface area contributed by atoms with E-state index in [0.29, 0.717) is 6.04 Å². The molecule has 162 valence electrons. The molecule has 2 aromatic carbocycles. The Hall–Kier alpha value is -2.22. The molecular formula is C23H29BrN2O4. The van der Waals surface area contributed by atoms with Crippen LogP contribution in [-0.2, 0) is 22.7 Å². The minimum absolute atomic E-state index is 0.714. The van der Waals surface area contributed by atoms with Crippen LogP contribution in [0.1, 0.15) is 30.9 Å². The van der Waals surface area contributed by atoms with E-state index in [2.05, 4.69) is 87.3 Å². The first kappa shape index (κ1) is 24.1. The van der Waals surface area contributed by atoms with Crippen LogP contribution in [0.5, 0.6) is 0 Å². The van der Waals surface area contributed by atoms with Gasteiger partial charge in [0.25, 0.3) is 0 Å². The Morgan fingerprint density at radius 3 is 2.10 bits per heavy atom. The first-order valence-corrected chi connectivity index (χ1v) is 10.9. The lowest BCUT2D eigenvalue weighted by Gasteiger charge is -2.38. The molecule has 30 heavy (non-hydrogen) atoms. The number of piperidine rings is 1. The van der Waals surface area contributed by atoms with E-state index >= 15 is 0 Å². The number of carboxylic acid groups (broad SMARTS) is 2. The average Bonchev–Trinajstić information content (AvgIpc) is 2.75. The molecule has 2 aromatic rings. The number of hydrogen-bond donors (Lipinski definition) is 2. The molecule has 0 atom stereocenters. The summed E-state index contributed by atoms with van der Waals surface area (Å²) in [4.78, 5) is 23.4. The minimum atomic E-state index is -1.82. The van der Waals surface area contributed by atoms with Gasteiger partial charge in [-0.15, -0.1) is 0 Å². The van der Waals surface area contributed by atoms with Crippen molar-refractivity contribution in [3.05, 3.63) is 70.2 Å². The van der Waals surface area contributed by atoms with E-state index in [4.69, 9.17) is 19.8 Å². The molecule has 0 spiro atoms. The van der Waals surface area contributed by atoms with E-state index in [9.17, 15) is 0 Å². The molecule has 3 rings (SSSR count). The summed E-state index contributed by atoms with van der Waals surface area (Å²) in [5.74, 6) is -3.65. The zero-order valence-electron chi connectivity index (χ0n) is 17.2. The van der Waals surface area contributed by atoms with Gasteiger partial charge in [-0.2, -0.15) is 0 Å². The predicted molar refractivity (Wildman–Crippen MR) is 120 cm³/mol. The van der Waals surface area contributed by atoms with Crippen LogP contribution in [0.2, 0.25) is 0 Å². The highest BCUT2D eigenvalue weighted by atomic mass is 79.9. The molecule has 1 aliphatic heterocycles. The van der Waals surface area contributed by atoms with Crippen molar-refractivity contribution in [3.63, 3.8) is 0 Å². The van der Waals surface area contributed by atoms with Crippen molar-refractivity contribution in [2.75, 3.05) is 19.6 Å². The van der Waals surface area contributed by atoms with Gasteiger partial charge < -0.3 is 10.2 Å². The molecule has 7 heteroatoms. The minimum Gasteiger partial charge on any atom is -0.473 e. The number of carbonyl (C=O) groups is 2. The van der Waals surface area contributed by atoms with Crippen molar-refractivity contribution in [2.24, 2.45) is 0 Å². The molecule has 0 bridgehead atoms. The van der Waals surface area contributed by atoms with Crippen molar-refractivity contribution < 1.29 is 19.8 Å². The normalized spacial score (nSPS) is 14.8. The number of aliphatic carboxylic acids is 2. The molecule has 1 saturated heterocycles. The fourth-order valence-electron chi connectivity index (χ4n) is 3.63. The Morgan fingerprint density at radius 2 is 1.57 bits per heavy atom. The van der Waals surface area contributed by atoms with Gasteiger partial charge in [0, 0.05) is 23.6 Å². The molecular weight excluding hydrogens is 448 g/mol. The van der Waals surface area contributed by atoms with Crippen molar-refractivity contribution >= 4 is 27.9 Å². The van der Waals surface area contributed by atoms with E-state index in [-0.39, 0.29) is 0 Å². The van der Waals surface area contributed by atoms with Crippen molar-refractivity contribution in [2.45, 2.75) is 38.9 Å². The molecule has 1 aliphatic rings. The highest BCUT2D eigenvalue weighted by Gasteiger charge is 2.24. The summed E-state index contributed by atoms with van der Waals surface area (Å²) in [5, 5.41) is 14.8. The standard InChI is InChI=1S/C21H27BrN2.C2H2O4/c1-2-24(16-18-8-4-3-5-9-18)20-12-14-23(15-13-20)17-19-10-6-7-11-21(19)22;3-1(4)2(5)6/h3-11,20H,2,12-17H2,1H3;(H,3,4)(H,5,6). The third kappa shape index (κ3) is 7.89. The van der Waals surface area contributed by atoms with Gasteiger partial charge in [-0.3, -0.25) is 9.80 Å². The topological polar surface area (TPSA) is 81.1 Å². The second-order valence-corrected chi connectivity index (χ2v) is 8.11. The van der Waals surface area contributed by atoms with Crippen LogP contribution in [0.15, 0.2) is 59.1 Å². The van der Waals surface area contributed by atoms with E-state index in [1.165, 1.54) is 41.5 Å². The van der Waals surface area contributed by atoms with Crippen LogP contribution in [0.4, 0.5) is 0 Å². The fourth-order valence-corrected chi connectivity index (χ4v) is 4.04. The molecule has 0 amide bonds. The third-order valence-electron chi connectivity index (χ3n) is 5.24. The molecule has 6 nitrogen and oxygen atoms in total. The molecule has 0 saturated carbocycles. The second kappa shape index (κ2) is 12.5. The maximum atomic E-state index is 9.10. The first-order valence-electron chi connectivity index (χ1n) is 10.1. The summed E-state index contributed by atoms with van der Waals surface area (Å²) >= 11 is 3.67. The van der Waals surface area contributed by atoms with Gasteiger partial charge in [0.05, 0.1) is 0 Å². The summed E-state index contributed by atoms with van der Waals surface area (Å²) in [6.07, 6.45) is 2.54. The molecule has 0 aliphatic carbocycles. The SMILES string of the molecule is CCN(Cc1ccccc1)C1CCN(Cc2ccccc2Br)CC1.O=C(O)C(=O)O. The average molecular weight is 477 g/mol. The third-order valence-corrected chi connectivity index (χ3v) is 6.02. The monoisotopic (exact) mass is 476 g/mol. The summed E-state index contributed by atoms with van der Waals surface area (Å²) < 4.78 is 1.23. The highest BCUT2D eigenvalue weighted by Crippen LogP contribution is 2.23. The Bertz CT molecular complexity index is 796. The van der Waals surface area contributed by atoms with Crippen LogP contribution in [0.25, 0.3) is 0 Å². The van der Waals surface area contributed by atoms with Crippen LogP contribution in [0.3, 0.4) is 0 Å². The van der Waals surface area contributed by atoms with Crippen LogP contribution >= 0.6 is 15.9 Å². The Kier molecular flexibility index (Phi) is 10.00.